The lowest BCUT2D eigenvalue weighted by Crippen LogP contribution is -2.39. The molecule has 98 valence electrons. The van der Waals surface area contributed by atoms with Crippen LogP contribution in [-0.2, 0) is 16.1 Å². The van der Waals surface area contributed by atoms with Crippen molar-refractivity contribution in [3.8, 4) is 0 Å². The van der Waals surface area contributed by atoms with Gasteiger partial charge < -0.3 is 16.4 Å². The number of aryl methyl sites for hydroxylation is 1. The molecule has 2 amide bonds. The van der Waals surface area contributed by atoms with Crippen molar-refractivity contribution in [2.75, 3.05) is 13.1 Å². The Balaban J connectivity index is 2.38. The molecule has 4 N–H and O–H groups in total. The number of nitrogens with one attached hydrogen (secondary N) is 2. The second-order valence-electron chi connectivity index (χ2n) is 3.84. The third-order valence-electron chi connectivity index (χ3n) is 2.34. The van der Waals surface area contributed by atoms with Crippen LogP contribution in [0, 0.1) is 12.7 Å². The molecule has 0 spiro atoms. The zero-order valence-electron chi connectivity index (χ0n) is 10.1. The Labute approximate surface area is 105 Å². The van der Waals surface area contributed by atoms with E-state index < -0.39 is 0 Å². The van der Waals surface area contributed by atoms with Crippen LogP contribution in [0.2, 0.25) is 0 Å². The molecule has 0 saturated carbocycles. The van der Waals surface area contributed by atoms with E-state index in [0.717, 1.165) is 5.56 Å². The van der Waals surface area contributed by atoms with Gasteiger partial charge in [-0.05, 0) is 24.1 Å². The maximum absolute atomic E-state index is 13.0. The minimum absolute atomic E-state index is 0.115. The molecule has 18 heavy (non-hydrogen) atoms. The first kappa shape index (κ1) is 14.1. The van der Waals surface area contributed by atoms with Gasteiger partial charge in [0.15, 0.2) is 0 Å². The largest absolute Gasteiger partial charge is 0.350 e. The molecule has 0 fully saturated rings. The Hall–Kier alpha value is -1.95. The molecule has 0 aliphatic rings. The normalized spacial score (nSPS) is 9.94. The van der Waals surface area contributed by atoms with Crippen molar-refractivity contribution in [3.05, 3.63) is 35.1 Å². The Morgan fingerprint density at radius 1 is 1.28 bits per heavy atom. The maximum atomic E-state index is 13.0. The molecule has 0 aliphatic carbocycles. The number of hydrogen-bond acceptors (Lipinski definition) is 3. The van der Waals surface area contributed by atoms with Gasteiger partial charge in [-0.25, -0.2) is 4.39 Å². The first-order chi connectivity index (χ1) is 8.52. The first-order valence-corrected chi connectivity index (χ1v) is 5.51. The van der Waals surface area contributed by atoms with E-state index in [2.05, 4.69) is 10.6 Å². The van der Waals surface area contributed by atoms with Crippen LogP contribution in [0.3, 0.4) is 0 Å². The van der Waals surface area contributed by atoms with Gasteiger partial charge in [0, 0.05) is 6.54 Å². The van der Waals surface area contributed by atoms with Crippen molar-refractivity contribution in [2.24, 2.45) is 5.73 Å². The van der Waals surface area contributed by atoms with E-state index in [9.17, 15) is 14.0 Å². The maximum Gasteiger partial charge on any atom is 0.239 e. The summed E-state index contributed by atoms with van der Waals surface area (Å²) in [6.45, 7) is 1.68. The Bertz CT molecular complexity index is 449. The topological polar surface area (TPSA) is 84.2 Å². The predicted octanol–water partition coefficient (Wildman–Crippen LogP) is -0.175. The summed E-state index contributed by atoms with van der Waals surface area (Å²) >= 11 is 0. The van der Waals surface area contributed by atoms with E-state index in [-0.39, 0.29) is 30.7 Å². The highest BCUT2D eigenvalue weighted by Crippen LogP contribution is 2.08. The average molecular weight is 253 g/mol. The van der Waals surface area contributed by atoms with Crippen LogP contribution in [0.5, 0.6) is 0 Å². The van der Waals surface area contributed by atoms with Crippen molar-refractivity contribution in [3.63, 3.8) is 0 Å². The molecule has 0 atom stereocenters. The summed E-state index contributed by atoms with van der Waals surface area (Å²) in [5.74, 6) is -0.984. The quantitative estimate of drug-likeness (QED) is 0.681. The number of halogens is 1. The van der Waals surface area contributed by atoms with E-state index in [1.165, 1.54) is 6.07 Å². The summed E-state index contributed by atoms with van der Waals surface area (Å²) in [6, 6.07) is 4.61. The zero-order chi connectivity index (χ0) is 13.5. The average Bonchev–Trinajstić information content (AvgIpc) is 2.37. The lowest BCUT2D eigenvalue weighted by molar-refractivity contribution is -0.125. The Morgan fingerprint density at radius 3 is 2.61 bits per heavy atom. The molecular weight excluding hydrogens is 237 g/mol. The van der Waals surface area contributed by atoms with Gasteiger partial charge in [-0.1, -0.05) is 12.1 Å². The Morgan fingerprint density at radius 2 is 2.00 bits per heavy atom. The van der Waals surface area contributed by atoms with Crippen LogP contribution < -0.4 is 16.4 Å². The molecule has 1 rings (SSSR count). The standard InChI is InChI=1S/C12H16FN3O2/c1-8-4-9(2-3-10(8)13)6-15-12(18)7-16-11(17)5-14/h2-4H,5-7,14H2,1H3,(H,15,18)(H,16,17). The van der Waals surface area contributed by atoms with Crippen LogP contribution in [0.15, 0.2) is 18.2 Å². The van der Waals surface area contributed by atoms with Crippen molar-refractivity contribution in [1.82, 2.24) is 10.6 Å². The molecule has 0 heterocycles. The number of hydrogen-bond donors (Lipinski definition) is 3. The van der Waals surface area contributed by atoms with E-state index in [4.69, 9.17) is 5.73 Å². The van der Waals surface area contributed by atoms with Crippen molar-refractivity contribution >= 4 is 11.8 Å². The number of amides is 2. The van der Waals surface area contributed by atoms with Gasteiger partial charge in [-0.3, -0.25) is 9.59 Å². The second-order valence-corrected chi connectivity index (χ2v) is 3.84. The van der Waals surface area contributed by atoms with E-state index in [0.29, 0.717) is 12.1 Å². The lowest BCUT2D eigenvalue weighted by atomic mass is 10.1. The van der Waals surface area contributed by atoms with Gasteiger partial charge in [0.05, 0.1) is 13.1 Å². The van der Waals surface area contributed by atoms with Gasteiger partial charge in [0.2, 0.25) is 11.8 Å². The van der Waals surface area contributed by atoms with E-state index >= 15 is 0 Å². The third kappa shape index (κ3) is 4.50. The Kier molecular flexibility index (Phi) is 5.26. The summed E-state index contributed by atoms with van der Waals surface area (Å²) in [7, 11) is 0. The van der Waals surface area contributed by atoms with Crippen molar-refractivity contribution in [2.45, 2.75) is 13.5 Å². The van der Waals surface area contributed by atoms with Gasteiger partial charge in [-0.2, -0.15) is 0 Å². The highest BCUT2D eigenvalue weighted by molar-refractivity contribution is 5.85. The number of benzene rings is 1. The fraction of sp³-hybridized carbons (Fsp3) is 0.333. The van der Waals surface area contributed by atoms with Crippen LogP contribution >= 0.6 is 0 Å². The first-order valence-electron chi connectivity index (χ1n) is 5.51. The molecule has 0 aromatic heterocycles. The van der Waals surface area contributed by atoms with Crippen LogP contribution in [0.4, 0.5) is 4.39 Å². The highest BCUT2D eigenvalue weighted by atomic mass is 19.1. The summed E-state index contributed by atoms with van der Waals surface area (Å²) in [5.41, 5.74) is 6.40. The predicted molar refractivity (Wildman–Crippen MR) is 65.0 cm³/mol. The van der Waals surface area contributed by atoms with E-state index in [1.54, 1.807) is 19.1 Å². The summed E-state index contributed by atoms with van der Waals surface area (Å²) in [6.07, 6.45) is 0. The van der Waals surface area contributed by atoms with Gasteiger partial charge >= 0.3 is 0 Å². The lowest BCUT2D eigenvalue weighted by Gasteiger charge is -2.07. The van der Waals surface area contributed by atoms with Gasteiger partial charge in [0.25, 0.3) is 0 Å². The SMILES string of the molecule is Cc1cc(CNC(=O)CNC(=O)CN)ccc1F. The molecule has 0 unspecified atom stereocenters. The zero-order valence-corrected chi connectivity index (χ0v) is 10.1. The van der Waals surface area contributed by atoms with Gasteiger partial charge in [0.1, 0.15) is 5.82 Å². The summed E-state index contributed by atoms with van der Waals surface area (Å²) < 4.78 is 13.0. The molecule has 5 nitrogen and oxygen atoms in total. The molecule has 0 saturated heterocycles. The van der Waals surface area contributed by atoms with Crippen molar-refractivity contribution < 1.29 is 14.0 Å². The molecule has 1 aromatic rings. The van der Waals surface area contributed by atoms with E-state index in [1.807, 2.05) is 0 Å². The van der Waals surface area contributed by atoms with Crippen LogP contribution in [0.25, 0.3) is 0 Å². The van der Waals surface area contributed by atoms with Crippen molar-refractivity contribution in [1.29, 1.82) is 0 Å². The molecule has 0 radical (unpaired) electrons. The fourth-order valence-electron chi connectivity index (χ4n) is 1.33. The minimum atomic E-state index is -0.386. The number of carbonyl (C=O) groups is 2. The molecule has 0 aliphatic heterocycles. The number of carbonyl (C=O) groups excluding carboxylic acids is 2. The fourth-order valence-corrected chi connectivity index (χ4v) is 1.33. The number of nitrogens with two attached hydrogens (primary N) is 1. The molecular formula is C12H16FN3O2. The summed E-state index contributed by atoms with van der Waals surface area (Å²) in [4.78, 5) is 22.2. The van der Waals surface area contributed by atoms with Crippen LogP contribution in [-0.4, -0.2) is 24.9 Å². The second kappa shape index (κ2) is 6.70. The van der Waals surface area contributed by atoms with Gasteiger partial charge in [-0.15, -0.1) is 0 Å². The minimum Gasteiger partial charge on any atom is -0.350 e. The monoisotopic (exact) mass is 253 g/mol. The van der Waals surface area contributed by atoms with Crippen LogP contribution in [0.1, 0.15) is 11.1 Å². The summed E-state index contributed by atoms with van der Waals surface area (Å²) in [5, 5.41) is 4.96. The highest BCUT2D eigenvalue weighted by Gasteiger charge is 2.04. The number of rotatable bonds is 5. The molecule has 0 bridgehead atoms. The smallest absolute Gasteiger partial charge is 0.239 e. The third-order valence-corrected chi connectivity index (χ3v) is 2.34. The molecule has 1 aromatic carbocycles. The molecule has 6 heteroatoms.